The zero-order chi connectivity index (χ0) is 11.8. The molecule has 1 aliphatic rings. The molecule has 5 nitrogen and oxygen atoms in total. The highest BCUT2D eigenvalue weighted by molar-refractivity contribution is 7.89. The Morgan fingerprint density at radius 2 is 2.25 bits per heavy atom. The number of aromatic carboxylic acids is 1. The predicted octanol–water partition coefficient (Wildman–Crippen LogP) is 1.13. The van der Waals surface area contributed by atoms with Gasteiger partial charge < -0.3 is 5.11 Å². The first-order valence-electron chi connectivity index (χ1n) is 4.80. The Kier molecular flexibility index (Phi) is 3.00. The van der Waals surface area contributed by atoms with E-state index in [1.807, 2.05) is 0 Å². The molecule has 1 aromatic heterocycles. The van der Waals surface area contributed by atoms with E-state index < -0.39 is 16.0 Å². The van der Waals surface area contributed by atoms with E-state index in [1.165, 1.54) is 11.4 Å². The molecule has 2 rings (SSSR count). The van der Waals surface area contributed by atoms with Crippen molar-refractivity contribution in [3.63, 3.8) is 0 Å². The molecule has 0 bridgehead atoms. The second-order valence-corrected chi connectivity index (χ2v) is 6.43. The van der Waals surface area contributed by atoms with Gasteiger partial charge in [-0.2, -0.15) is 0 Å². The largest absolute Gasteiger partial charge is 0.477 e. The van der Waals surface area contributed by atoms with Crippen molar-refractivity contribution in [2.24, 2.45) is 5.92 Å². The third kappa shape index (κ3) is 2.60. The maximum absolute atomic E-state index is 11.7. The van der Waals surface area contributed by atoms with Gasteiger partial charge in [0.25, 0.3) is 0 Å². The van der Waals surface area contributed by atoms with Crippen molar-refractivity contribution in [2.45, 2.75) is 17.7 Å². The number of sulfonamides is 1. The number of nitrogens with one attached hydrogen (secondary N) is 1. The van der Waals surface area contributed by atoms with Crippen LogP contribution in [0.1, 0.15) is 22.5 Å². The number of hydrogen-bond acceptors (Lipinski definition) is 4. The molecule has 1 heterocycles. The maximum Gasteiger partial charge on any atom is 0.345 e. The Bertz CT molecular complexity index is 501. The molecular formula is C9H11NO4S2. The van der Waals surface area contributed by atoms with Crippen molar-refractivity contribution in [3.05, 3.63) is 16.3 Å². The van der Waals surface area contributed by atoms with Gasteiger partial charge in [0.05, 0.1) is 4.90 Å². The minimum atomic E-state index is -3.53. The van der Waals surface area contributed by atoms with Crippen LogP contribution in [0.3, 0.4) is 0 Å². The number of hydrogen-bond donors (Lipinski definition) is 2. The zero-order valence-corrected chi connectivity index (χ0v) is 9.97. The average Bonchev–Trinajstić information content (AvgIpc) is 2.89. The van der Waals surface area contributed by atoms with Gasteiger partial charge in [0, 0.05) is 11.9 Å². The Morgan fingerprint density at radius 1 is 1.56 bits per heavy atom. The van der Waals surface area contributed by atoms with Gasteiger partial charge in [0.15, 0.2) is 0 Å². The lowest BCUT2D eigenvalue weighted by Crippen LogP contribution is -2.25. The van der Waals surface area contributed by atoms with Crippen molar-refractivity contribution in [1.29, 1.82) is 0 Å². The van der Waals surface area contributed by atoms with Crippen LogP contribution in [-0.2, 0) is 10.0 Å². The average molecular weight is 261 g/mol. The van der Waals surface area contributed by atoms with Gasteiger partial charge >= 0.3 is 5.97 Å². The zero-order valence-electron chi connectivity index (χ0n) is 8.34. The number of thiophene rings is 1. The van der Waals surface area contributed by atoms with E-state index in [9.17, 15) is 13.2 Å². The molecule has 0 radical (unpaired) electrons. The van der Waals surface area contributed by atoms with Crippen LogP contribution in [-0.4, -0.2) is 26.0 Å². The van der Waals surface area contributed by atoms with Crippen molar-refractivity contribution in [3.8, 4) is 0 Å². The summed E-state index contributed by atoms with van der Waals surface area (Å²) in [6.45, 7) is 0.445. The minimum absolute atomic E-state index is 0.0341. The lowest BCUT2D eigenvalue weighted by atomic mass is 10.4. The summed E-state index contributed by atoms with van der Waals surface area (Å²) in [5.74, 6) is -0.652. The number of rotatable bonds is 5. The molecule has 0 atom stereocenters. The van der Waals surface area contributed by atoms with Gasteiger partial charge in [-0.15, -0.1) is 11.3 Å². The number of carboxylic acid groups (broad SMARTS) is 1. The van der Waals surface area contributed by atoms with Gasteiger partial charge in [-0.3, -0.25) is 0 Å². The molecule has 0 amide bonds. The Morgan fingerprint density at radius 3 is 2.75 bits per heavy atom. The van der Waals surface area contributed by atoms with Gasteiger partial charge in [-0.05, 0) is 24.8 Å². The van der Waals surface area contributed by atoms with E-state index in [2.05, 4.69) is 4.72 Å². The molecule has 0 aromatic carbocycles. The molecule has 16 heavy (non-hydrogen) atoms. The van der Waals surface area contributed by atoms with E-state index in [0.29, 0.717) is 12.5 Å². The van der Waals surface area contributed by atoms with Gasteiger partial charge in [-0.1, -0.05) is 0 Å². The molecule has 2 N–H and O–H groups in total. The molecule has 1 aliphatic carbocycles. The van der Waals surface area contributed by atoms with Crippen molar-refractivity contribution in [1.82, 2.24) is 4.72 Å². The molecule has 1 saturated carbocycles. The fraction of sp³-hybridized carbons (Fsp3) is 0.444. The van der Waals surface area contributed by atoms with Gasteiger partial charge in [0.1, 0.15) is 4.88 Å². The first-order chi connectivity index (χ1) is 7.49. The number of carboxylic acids is 1. The Hall–Kier alpha value is -0.920. The summed E-state index contributed by atoms with van der Waals surface area (Å²) in [5, 5.41) is 10.0. The van der Waals surface area contributed by atoms with E-state index in [1.54, 1.807) is 0 Å². The van der Waals surface area contributed by atoms with Crippen molar-refractivity contribution >= 4 is 27.3 Å². The molecule has 1 fully saturated rings. The van der Waals surface area contributed by atoms with E-state index in [0.717, 1.165) is 24.2 Å². The van der Waals surface area contributed by atoms with Crippen LogP contribution in [0.4, 0.5) is 0 Å². The summed E-state index contributed by atoms with van der Waals surface area (Å²) < 4.78 is 25.9. The molecule has 0 unspecified atom stereocenters. The van der Waals surface area contributed by atoms with Crippen LogP contribution < -0.4 is 4.72 Å². The van der Waals surface area contributed by atoms with Crippen LogP contribution in [0.2, 0.25) is 0 Å². The minimum Gasteiger partial charge on any atom is -0.477 e. The lowest BCUT2D eigenvalue weighted by molar-refractivity contribution is 0.0702. The van der Waals surface area contributed by atoms with Crippen LogP contribution in [0.5, 0.6) is 0 Å². The Labute approximate surface area is 97.2 Å². The molecular weight excluding hydrogens is 250 g/mol. The highest BCUT2D eigenvalue weighted by Crippen LogP contribution is 2.28. The molecule has 0 aliphatic heterocycles. The summed E-state index contributed by atoms with van der Waals surface area (Å²) in [4.78, 5) is 10.7. The maximum atomic E-state index is 11.7. The molecule has 0 saturated heterocycles. The third-order valence-electron chi connectivity index (χ3n) is 2.36. The normalized spacial score (nSPS) is 16.2. The highest BCUT2D eigenvalue weighted by Gasteiger charge is 2.25. The first-order valence-corrected chi connectivity index (χ1v) is 7.17. The van der Waals surface area contributed by atoms with E-state index in [4.69, 9.17) is 5.11 Å². The summed E-state index contributed by atoms with van der Waals surface area (Å²) in [7, 11) is -3.53. The quantitative estimate of drug-likeness (QED) is 0.832. The van der Waals surface area contributed by atoms with Crippen LogP contribution >= 0.6 is 11.3 Å². The highest BCUT2D eigenvalue weighted by atomic mass is 32.2. The lowest BCUT2D eigenvalue weighted by Gasteiger charge is -2.02. The second-order valence-electron chi connectivity index (χ2n) is 3.75. The molecule has 88 valence electrons. The smallest absolute Gasteiger partial charge is 0.345 e. The molecule has 1 aromatic rings. The van der Waals surface area contributed by atoms with Crippen LogP contribution in [0.25, 0.3) is 0 Å². The SMILES string of the molecule is O=C(O)c1cc(S(=O)(=O)NCC2CC2)cs1. The van der Waals surface area contributed by atoms with E-state index in [-0.39, 0.29) is 9.77 Å². The first kappa shape index (κ1) is 11.6. The molecule has 0 spiro atoms. The predicted molar refractivity (Wildman–Crippen MR) is 59.2 cm³/mol. The standard InChI is InChI=1S/C9H11NO4S2/c11-9(12)8-3-7(5-15-8)16(13,14)10-4-6-1-2-6/h3,5-6,10H,1-2,4H2,(H,11,12). The van der Waals surface area contributed by atoms with Gasteiger partial charge in [0.2, 0.25) is 10.0 Å². The fourth-order valence-corrected chi connectivity index (χ4v) is 3.43. The summed E-state index contributed by atoms with van der Waals surface area (Å²) in [5.41, 5.74) is 0. The van der Waals surface area contributed by atoms with E-state index >= 15 is 0 Å². The fourth-order valence-electron chi connectivity index (χ4n) is 1.20. The summed E-state index contributed by atoms with van der Waals surface area (Å²) in [6.07, 6.45) is 2.12. The van der Waals surface area contributed by atoms with Crippen LogP contribution in [0, 0.1) is 5.92 Å². The molecule has 7 heteroatoms. The summed E-state index contributed by atoms with van der Waals surface area (Å²) in [6, 6.07) is 1.18. The van der Waals surface area contributed by atoms with Gasteiger partial charge in [-0.25, -0.2) is 17.9 Å². The van der Waals surface area contributed by atoms with Crippen molar-refractivity contribution in [2.75, 3.05) is 6.54 Å². The second kappa shape index (κ2) is 4.15. The summed E-state index contributed by atoms with van der Waals surface area (Å²) >= 11 is 0.916. The topological polar surface area (TPSA) is 83.5 Å². The monoisotopic (exact) mass is 261 g/mol. The Balaban J connectivity index is 2.10. The third-order valence-corrected chi connectivity index (χ3v) is 4.83. The number of carbonyl (C=O) groups is 1. The van der Waals surface area contributed by atoms with Crippen LogP contribution in [0.15, 0.2) is 16.3 Å². The van der Waals surface area contributed by atoms with Crippen molar-refractivity contribution < 1.29 is 18.3 Å².